The molecule has 38 heavy (non-hydrogen) atoms. The minimum absolute atomic E-state index is 0.0848. The van der Waals surface area contributed by atoms with Crippen LogP contribution < -0.4 is 24.7 Å². The molecular weight excluding hydrogens is 486 g/mol. The number of nitro benzene ring substituents is 1. The highest BCUT2D eigenvalue weighted by atomic mass is 16.6. The Hall–Kier alpha value is -4.34. The number of fused-ring (bicyclic) bond motifs is 2. The minimum atomic E-state index is -0.409. The van der Waals surface area contributed by atoms with E-state index in [1.807, 2.05) is 48.6 Å². The van der Waals surface area contributed by atoms with Crippen molar-refractivity contribution in [1.82, 2.24) is 9.55 Å². The molecule has 0 radical (unpaired) electrons. The Kier molecular flexibility index (Phi) is 6.79. The monoisotopic (exact) mass is 517 g/mol. The molecule has 0 atom stereocenters. The van der Waals surface area contributed by atoms with Gasteiger partial charge in [0.1, 0.15) is 23.0 Å². The highest BCUT2D eigenvalue weighted by molar-refractivity contribution is 6.00. The summed E-state index contributed by atoms with van der Waals surface area (Å²) in [6, 6.07) is 12.4. The first kappa shape index (κ1) is 25.3. The first-order valence-corrected chi connectivity index (χ1v) is 12.6. The van der Waals surface area contributed by atoms with Crippen LogP contribution in [0.1, 0.15) is 13.8 Å². The van der Waals surface area contributed by atoms with E-state index in [1.165, 1.54) is 6.07 Å². The molecule has 0 aliphatic carbocycles. The molecule has 2 aromatic heterocycles. The van der Waals surface area contributed by atoms with Crippen LogP contribution in [-0.2, 0) is 7.05 Å². The third kappa shape index (κ3) is 4.57. The zero-order valence-corrected chi connectivity index (χ0v) is 22.0. The maximum atomic E-state index is 13.8. The van der Waals surface area contributed by atoms with Crippen LogP contribution in [-0.4, -0.2) is 54.4 Å². The van der Waals surface area contributed by atoms with Crippen LogP contribution in [0.5, 0.6) is 11.5 Å². The molecule has 1 aliphatic rings. The molecule has 0 bridgehead atoms. The third-order valence-electron chi connectivity index (χ3n) is 6.94. The van der Waals surface area contributed by atoms with Gasteiger partial charge in [-0.05, 0) is 24.1 Å². The number of nitro groups is 1. The van der Waals surface area contributed by atoms with E-state index in [9.17, 15) is 14.9 Å². The Morgan fingerprint density at radius 1 is 1.05 bits per heavy atom. The normalized spacial score (nSPS) is 13.9. The highest BCUT2D eigenvalue weighted by Crippen LogP contribution is 2.36. The standard InChI is InChI=1S/C28H31N5O5/c1-18(2)17-38-25-14-19(37-4)13-24-27(25)28(34)20-15-23(33(35)36)22(16-21(20)30(24)3)31-9-11-32(12-10-31)26-7-5-6-8-29-26/h5-8,13-16,18H,9-12,17H2,1-4H3. The van der Waals surface area contributed by atoms with Gasteiger partial charge in [-0.1, -0.05) is 19.9 Å². The van der Waals surface area contributed by atoms with E-state index in [4.69, 9.17) is 9.47 Å². The van der Waals surface area contributed by atoms with Crippen LogP contribution in [0.3, 0.4) is 0 Å². The molecule has 0 unspecified atom stereocenters. The van der Waals surface area contributed by atoms with Crippen molar-refractivity contribution in [3.05, 3.63) is 69.0 Å². The summed E-state index contributed by atoms with van der Waals surface area (Å²) in [4.78, 5) is 34.2. The van der Waals surface area contributed by atoms with Crippen LogP contribution in [0.25, 0.3) is 21.8 Å². The molecule has 198 valence electrons. The van der Waals surface area contributed by atoms with Crippen LogP contribution in [0.2, 0.25) is 0 Å². The molecule has 0 amide bonds. The lowest BCUT2D eigenvalue weighted by atomic mass is 10.1. The molecule has 2 aromatic carbocycles. The van der Waals surface area contributed by atoms with Crippen molar-refractivity contribution in [2.45, 2.75) is 13.8 Å². The van der Waals surface area contributed by atoms with Gasteiger partial charge in [0.25, 0.3) is 5.69 Å². The van der Waals surface area contributed by atoms with E-state index < -0.39 is 4.92 Å². The lowest BCUT2D eigenvalue weighted by Crippen LogP contribution is -2.47. The van der Waals surface area contributed by atoms with Gasteiger partial charge in [-0.3, -0.25) is 14.9 Å². The van der Waals surface area contributed by atoms with E-state index >= 15 is 0 Å². The first-order chi connectivity index (χ1) is 18.3. The molecule has 1 fully saturated rings. The summed E-state index contributed by atoms with van der Waals surface area (Å²) in [5, 5.41) is 12.9. The lowest BCUT2D eigenvalue weighted by Gasteiger charge is -2.36. The number of methoxy groups -OCH3 is 1. The number of hydrogen-bond acceptors (Lipinski definition) is 8. The number of aryl methyl sites for hydroxylation is 1. The van der Waals surface area contributed by atoms with Gasteiger partial charge < -0.3 is 23.8 Å². The summed E-state index contributed by atoms with van der Waals surface area (Å²) in [7, 11) is 3.42. The summed E-state index contributed by atoms with van der Waals surface area (Å²) < 4.78 is 13.4. The summed E-state index contributed by atoms with van der Waals surface area (Å²) in [5.74, 6) is 2.12. The van der Waals surface area contributed by atoms with Crippen molar-refractivity contribution >= 4 is 39.0 Å². The predicted octanol–water partition coefficient (Wildman–Crippen LogP) is 4.36. The number of aromatic nitrogens is 2. The molecule has 0 spiro atoms. The molecule has 0 saturated carbocycles. The van der Waals surface area contributed by atoms with Crippen molar-refractivity contribution in [2.24, 2.45) is 13.0 Å². The van der Waals surface area contributed by atoms with E-state index in [1.54, 1.807) is 31.5 Å². The van der Waals surface area contributed by atoms with E-state index in [0.717, 1.165) is 5.82 Å². The van der Waals surface area contributed by atoms with Gasteiger partial charge >= 0.3 is 0 Å². The molecule has 0 N–H and O–H groups in total. The van der Waals surface area contributed by atoms with Crippen molar-refractivity contribution in [1.29, 1.82) is 0 Å². The van der Waals surface area contributed by atoms with Gasteiger partial charge in [-0.15, -0.1) is 0 Å². The molecular formula is C28H31N5O5. The highest BCUT2D eigenvalue weighted by Gasteiger charge is 2.27. The second-order valence-corrected chi connectivity index (χ2v) is 9.89. The summed E-state index contributed by atoms with van der Waals surface area (Å²) in [6.45, 7) is 7.00. The third-order valence-corrected chi connectivity index (χ3v) is 6.94. The van der Waals surface area contributed by atoms with Gasteiger partial charge in [0.2, 0.25) is 5.43 Å². The fraction of sp³-hybridized carbons (Fsp3) is 0.357. The lowest BCUT2D eigenvalue weighted by molar-refractivity contribution is -0.384. The van der Waals surface area contributed by atoms with Gasteiger partial charge in [-0.25, -0.2) is 4.98 Å². The fourth-order valence-corrected chi connectivity index (χ4v) is 4.96. The number of piperazine rings is 1. The zero-order valence-electron chi connectivity index (χ0n) is 22.0. The van der Waals surface area contributed by atoms with Gasteiger partial charge in [0.05, 0.1) is 40.4 Å². The fourth-order valence-electron chi connectivity index (χ4n) is 4.96. The Labute approximate surface area is 220 Å². The Morgan fingerprint density at radius 2 is 1.79 bits per heavy atom. The van der Waals surface area contributed by atoms with Crippen LogP contribution >= 0.6 is 0 Å². The second-order valence-electron chi connectivity index (χ2n) is 9.89. The number of anilines is 2. The molecule has 10 heteroatoms. The maximum Gasteiger partial charge on any atom is 0.293 e. The molecule has 3 heterocycles. The van der Waals surface area contributed by atoms with Crippen molar-refractivity contribution in [2.75, 3.05) is 49.7 Å². The smallest absolute Gasteiger partial charge is 0.293 e. The number of rotatable bonds is 7. The second kappa shape index (κ2) is 10.2. The average Bonchev–Trinajstić information content (AvgIpc) is 2.94. The number of benzene rings is 2. The largest absolute Gasteiger partial charge is 0.497 e. The Morgan fingerprint density at radius 3 is 2.42 bits per heavy atom. The van der Waals surface area contributed by atoms with E-state index in [-0.39, 0.29) is 22.4 Å². The van der Waals surface area contributed by atoms with Gasteiger partial charge in [0, 0.05) is 57.6 Å². The van der Waals surface area contributed by atoms with Crippen molar-refractivity contribution in [3.63, 3.8) is 0 Å². The Bertz CT molecular complexity index is 1560. The van der Waals surface area contributed by atoms with Crippen LogP contribution in [0, 0.1) is 16.0 Å². The SMILES string of the molecule is COc1cc(OCC(C)C)c2c(=O)c3cc([N+](=O)[O-])c(N4CCN(c5ccccn5)CC4)cc3n(C)c2c1. The van der Waals surface area contributed by atoms with E-state index in [0.29, 0.717) is 66.4 Å². The Balaban J connectivity index is 1.63. The topological polar surface area (TPSA) is 103 Å². The molecule has 1 aliphatic heterocycles. The number of pyridine rings is 2. The molecule has 1 saturated heterocycles. The van der Waals surface area contributed by atoms with Gasteiger partial charge in [-0.2, -0.15) is 0 Å². The first-order valence-electron chi connectivity index (χ1n) is 12.6. The molecule has 4 aromatic rings. The molecule has 5 rings (SSSR count). The van der Waals surface area contributed by atoms with Gasteiger partial charge in [0.15, 0.2) is 0 Å². The quantitative estimate of drug-likeness (QED) is 0.202. The molecule has 10 nitrogen and oxygen atoms in total. The van der Waals surface area contributed by atoms with Crippen molar-refractivity contribution < 1.29 is 14.4 Å². The number of hydrogen-bond donors (Lipinski definition) is 0. The summed E-state index contributed by atoms with van der Waals surface area (Å²) in [6.07, 6.45) is 1.76. The van der Waals surface area contributed by atoms with Crippen molar-refractivity contribution in [3.8, 4) is 11.5 Å². The average molecular weight is 518 g/mol. The maximum absolute atomic E-state index is 13.8. The minimum Gasteiger partial charge on any atom is -0.497 e. The zero-order chi connectivity index (χ0) is 27.0. The van der Waals surface area contributed by atoms with E-state index in [2.05, 4.69) is 9.88 Å². The van der Waals surface area contributed by atoms with Crippen LogP contribution in [0.15, 0.2) is 53.5 Å². The number of ether oxygens (including phenoxy) is 2. The summed E-state index contributed by atoms with van der Waals surface area (Å²) in [5.41, 5.74) is 1.36. The van der Waals surface area contributed by atoms with Crippen LogP contribution in [0.4, 0.5) is 17.2 Å². The number of nitrogens with zero attached hydrogens (tertiary/aromatic N) is 5. The summed E-state index contributed by atoms with van der Waals surface area (Å²) >= 11 is 0. The predicted molar refractivity (Wildman–Crippen MR) is 149 cm³/mol.